The number of nitrogens with one attached hydrogen (secondary N) is 1. The lowest BCUT2D eigenvalue weighted by Crippen LogP contribution is -2.31. The van der Waals surface area contributed by atoms with Crippen molar-refractivity contribution in [1.29, 1.82) is 0 Å². The molecule has 0 spiro atoms. The number of esters is 2. The fourth-order valence-electron chi connectivity index (χ4n) is 10.4. The fraction of sp³-hybridized carbons (Fsp3) is 0.500. The van der Waals surface area contributed by atoms with E-state index in [2.05, 4.69) is 20.1 Å². The Labute approximate surface area is 461 Å². The van der Waals surface area contributed by atoms with Gasteiger partial charge in [0, 0.05) is 61.5 Å². The summed E-state index contributed by atoms with van der Waals surface area (Å²) < 4.78 is 11.3. The normalized spacial score (nSPS) is 18.0. The van der Waals surface area contributed by atoms with Crippen molar-refractivity contribution in [1.82, 2.24) is 4.90 Å². The monoisotopic (exact) mass is 1070 g/mol. The predicted molar refractivity (Wildman–Crippen MR) is 307 cm³/mol. The number of Topliss-reactive ketones (excluding diaryl/α,β-unsaturated/α-hetero) is 1. The van der Waals surface area contributed by atoms with Crippen LogP contribution in [0.5, 0.6) is 11.5 Å². The topological polar surface area (TPSA) is 195 Å². The number of rotatable bonds is 14. The molecule has 0 saturated carbocycles. The lowest BCUT2D eigenvalue weighted by Gasteiger charge is -2.32. The van der Waals surface area contributed by atoms with Gasteiger partial charge in [-0.25, -0.2) is 4.99 Å². The highest BCUT2D eigenvalue weighted by molar-refractivity contribution is 6.42. The molecule has 2 heterocycles. The Balaban J connectivity index is 1.10. The second-order valence-electron chi connectivity index (χ2n) is 25.4. The minimum atomic E-state index is -0.610. The third-order valence-electron chi connectivity index (χ3n) is 14.9. The van der Waals surface area contributed by atoms with E-state index in [4.69, 9.17) is 9.47 Å². The van der Waals surface area contributed by atoms with Crippen molar-refractivity contribution in [2.45, 2.75) is 182 Å². The fourth-order valence-corrected chi connectivity index (χ4v) is 10.4. The molecule has 2 aliphatic carbocycles. The van der Waals surface area contributed by atoms with Crippen molar-refractivity contribution < 1.29 is 48.8 Å². The van der Waals surface area contributed by atoms with Crippen molar-refractivity contribution in [2.75, 3.05) is 36.4 Å². The minimum Gasteiger partial charge on any atom is -0.507 e. The van der Waals surface area contributed by atoms with E-state index in [9.17, 15) is 39.3 Å². The average Bonchev–Trinajstić information content (AvgIpc) is 3.53. The number of hydrogen-bond donors (Lipinski definition) is 4. The Morgan fingerprint density at radius 3 is 1.50 bits per heavy atom. The van der Waals surface area contributed by atoms with E-state index in [0.717, 1.165) is 109 Å². The van der Waals surface area contributed by atoms with Gasteiger partial charge in [-0.1, -0.05) is 83.1 Å². The first-order valence-electron chi connectivity index (χ1n) is 27.7. The standard InChI is InChI=1S/C64H82N4O10/c1-61(2,3)45-31-39(32-46(57(45)73)62(4,5)6)37-77-53(71)25-23-51(69)65-49-35-41(67-27-15-13-16-28-67)19-21-43(49)55-59(75)56(60(55)76)44-22-20-42(68-29-17-14-18-30-68)36-50(44)66-52(70)24-26-54(72)78-38-40-33-47(63(7,8)9)58(74)48(34-40)64(10,11)12/h19-22,31-36,73-75H,13-18,23-30,37-38H2,1-12H3,(H,65,69)/b56-44-,66-50?. The third kappa shape index (κ3) is 14.0. The van der Waals surface area contributed by atoms with Gasteiger partial charge in [0.2, 0.25) is 17.6 Å². The lowest BCUT2D eigenvalue weighted by molar-refractivity contribution is -0.146. The molecular weight excluding hydrogens is 985 g/mol. The number of hydrogen-bond acceptors (Lipinski definition) is 12. The maximum absolute atomic E-state index is 14.5. The van der Waals surface area contributed by atoms with Gasteiger partial charge in [0.05, 0.1) is 35.4 Å². The molecule has 14 heteroatoms. The number of likely N-dealkylation sites (tertiary alicyclic amines) is 1. The number of anilines is 2. The second-order valence-corrected chi connectivity index (χ2v) is 25.4. The van der Waals surface area contributed by atoms with E-state index in [1.165, 1.54) is 0 Å². The largest absolute Gasteiger partial charge is 0.507 e. The molecule has 2 fully saturated rings. The van der Waals surface area contributed by atoms with Crippen LogP contribution >= 0.6 is 0 Å². The average molecular weight is 1070 g/mol. The summed E-state index contributed by atoms with van der Waals surface area (Å²) in [5.74, 6) is -2.65. The SMILES string of the molecule is CC(C)(C)c1cc(COC(=O)CCC(=O)N=C2C=C(N3CCCCC3)C=C/C2=C2/C(=O)C(c3ccc(N4CCCCC4)cc3NC(=O)CCC(=O)OCc3cc(C(C)(C)C)c(O)c(C(C)(C)C)c3)=C2O)cc(C(C)(C)C)c1O. The Morgan fingerprint density at radius 2 is 1.04 bits per heavy atom. The highest BCUT2D eigenvalue weighted by atomic mass is 16.5. The molecule has 2 saturated heterocycles. The minimum absolute atomic E-state index is 0.0129. The number of amides is 2. The molecule has 0 unspecified atom stereocenters. The second kappa shape index (κ2) is 23.6. The Hall–Kier alpha value is -6.96. The number of ketones is 1. The number of aliphatic imine (C=N–C) groups is 1. The van der Waals surface area contributed by atoms with Gasteiger partial charge in [-0.2, -0.15) is 0 Å². The number of phenols is 2. The number of piperidine rings is 2. The van der Waals surface area contributed by atoms with Gasteiger partial charge < -0.3 is 39.9 Å². The van der Waals surface area contributed by atoms with Crippen LogP contribution in [-0.2, 0) is 68.3 Å². The summed E-state index contributed by atoms with van der Waals surface area (Å²) in [4.78, 5) is 77.2. The Morgan fingerprint density at radius 1 is 0.577 bits per heavy atom. The summed E-state index contributed by atoms with van der Waals surface area (Å²) in [5.41, 5.74) is 5.57. The van der Waals surface area contributed by atoms with Crippen LogP contribution in [0.2, 0.25) is 0 Å². The van der Waals surface area contributed by atoms with Crippen molar-refractivity contribution >= 4 is 52.2 Å². The zero-order valence-electron chi connectivity index (χ0n) is 48.1. The summed E-state index contributed by atoms with van der Waals surface area (Å²) >= 11 is 0. The summed E-state index contributed by atoms with van der Waals surface area (Å²) in [7, 11) is 0. The molecule has 2 aliphatic heterocycles. The zero-order valence-corrected chi connectivity index (χ0v) is 48.1. The Bertz CT molecular complexity index is 2930. The van der Waals surface area contributed by atoms with Crippen LogP contribution in [0.15, 0.2) is 88.3 Å². The molecule has 3 aromatic rings. The molecule has 3 aromatic carbocycles. The lowest BCUT2D eigenvalue weighted by atomic mass is 9.78. The number of aromatic hydroxyl groups is 2. The van der Waals surface area contributed by atoms with Gasteiger partial charge in [0.25, 0.3) is 0 Å². The molecule has 0 bridgehead atoms. The maximum atomic E-state index is 14.5. The van der Waals surface area contributed by atoms with Crippen LogP contribution in [0.25, 0.3) is 5.57 Å². The summed E-state index contributed by atoms with van der Waals surface area (Å²) in [6, 6.07) is 12.8. The van der Waals surface area contributed by atoms with Crippen molar-refractivity contribution in [2.24, 2.45) is 4.99 Å². The van der Waals surface area contributed by atoms with Gasteiger partial charge in [0.1, 0.15) is 30.5 Å². The van der Waals surface area contributed by atoms with Gasteiger partial charge in [-0.05, 0) is 154 Å². The van der Waals surface area contributed by atoms with Crippen LogP contribution in [-0.4, -0.2) is 81.6 Å². The van der Waals surface area contributed by atoms with Crippen LogP contribution in [0.4, 0.5) is 11.4 Å². The van der Waals surface area contributed by atoms with E-state index in [1.54, 1.807) is 24.3 Å². The number of phenolic OH excluding ortho intramolecular Hbond substituents is 2. The zero-order chi connectivity index (χ0) is 57.1. The number of carbonyl (C=O) groups excluding carboxylic acids is 5. The van der Waals surface area contributed by atoms with Crippen molar-refractivity contribution in [3.05, 3.63) is 122 Å². The highest BCUT2D eigenvalue weighted by Crippen LogP contribution is 2.45. The molecule has 14 nitrogen and oxygen atoms in total. The molecule has 418 valence electrons. The number of aliphatic hydroxyl groups is 1. The molecule has 0 atom stereocenters. The molecule has 4 aliphatic rings. The number of nitrogens with zero attached hydrogens (tertiary/aromatic N) is 3. The summed E-state index contributed by atoms with van der Waals surface area (Å²) in [6.07, 6.45) is 10.5. The van der Waals surface area contributed by atoms with Gasteiger partial charge in [-0.3, -0.25) is 24.0 Å². The predicted octanol–water partition coefficient (Wildman–Crippen LogP) is 12.3. The van der Waals surface area contributed by atoms with Crippen LogP contribution < -0.4 is 10.2 Å². The molecule has 7 rings (SSSR count). The molecule has 0 aromatic heterocycles. The van der Waals surface area contributed by atoms with Crippen LogP contribution in [0.1, 0.15) is 186 Å². The molecule has 2 amide bonds. The van der Waals surface area contributed by atoms with Crippen LogP contribution in [0, 0.1) is 0 Å². The van der Waals surface area contributed by atoms with E-state index in [1.807, 2.05) is 119 Å². The summed E-state index contributed by atoms with van der Waals surface area (Å²) in [6.45, 7) is 27.3. The molecule has 78 heavy (non-hydrogen) atoms. The first kappa shape index (κ1) is 58.7. The first-order chi connectivity index (χ1) is 36.5. The van der Waals surface area contributed by atoms with E-state index >= 15 is 0 Å². The quantitative estimate of drug-likeness (QED) is 0.0882. The first-order valence-corrected chi connectivity index (χ1v) is 27.7. The smallest absolute Gasteiger partial charge is 0.306 e. The molecular formula is C64H82N4O10. The third-order valence-corrected chi connectivity index (χ3v) is 14.9. The van der Waals surface area contributed by atoms with Crippen LogP contribution in [0.3, 0.4) is 0 Å². The molecule has 4 N–H and O–H groups in total. The van der Waals surface area contributed by atoms with Gasteiger partial charge in [0.15, 0.2) is 0 Å². The van der Waals surface area contributed by atoms with E-state index in [-0.39, 0.29) is 100 Å². The Kier molecular flexibility index (Phi) is 17.7. The number of benzene rings is 3. The van der Waals surface area contributed by atoms with Gasteiger partial charge >= 0.3 is 11.9 Å². The van der Waals surface area contributed by atoms with E-state index in [0.29, 0.717) is 11.3 Å². The van der Waals surface area contributed by atoms with Crippen molar-refractivity contribution in [3.63, 3.8) is 0 Å². The number of ether oxygens (including phenoxy) is 2. The number of aliphatic hydroxyl groups excluding tert-OH is 1. The molecule has 0 radical (unpaired) electrons. The van der Waals surface area contributed by atoms with E-state index < -0.39 is 29.5 Å². The van der Waals surface area contributed by atoms with Gasteiger partial charge in [-0.15, -0.1) is 0 Å². The number of allylic oxidation sites excluding steroid dienone is 6. The summed E-state index contributed by atoms with van der Waals surface area (Å²) in [5, 5.41) is 37.2. The van der Waals surface area contributed by atoms with Crippen molar-refractivity contribution in [3.8, 4) is 11.5 Å². The highest BCUT2D eigenvalue weighted by Gasteiger charge is 2.40. The number of carbonyl (C=O) groups is 5. The maximum Gasteiger partial charge on any atom is 0.306 e.